The fourth-order valence-electron chi connectivity index (χ4n) is 3.33. The number of aromatic nitrogens is 1. The minimum Gasteiger partial charge on any atom is -0.454 e. The standard InChI is InChI=1S/C21H22N2O4/c1-14-10-19(15(2)23(14)12-18-4-3-9-26-18)20(24)13-27-21(25)17-7-5-16(11-22)6-8-17/h5-8,10,18H,3-4,9,12-13H2,1-2H3/t18-/m0/s1. The predicted octanol–water partition coefficient (Wildman–Crippen LogP) is 3.20. The van der Waals surface area contributed by atoms with Gasteiger partial charge < -0.3 is 14.0 Å². The van der Waals surface area contributed by atoms with Gasteiger partial charge in [0.2, 0.25) is 5.78 Å². The fraction of sp³-hybridized carbons (Fsp3) is 0.381. The lowest BCUT2D eigenvalue weighted by atomic mass is 10.1. The van der Waals surface area contributed by atoms with Gasteiger partial charge in [0.1, 0.15) is 0 Å². The number of hydrogen-bond acceptors (Lipinski definition) is 5. The monoisotopic (exact) mass is 366 g/mol. The molecule has 1 aliphatic rings. The first-order valence-electron chi connectivity index (χ1n) is 8.98. The summed E-state index contributed by atoms with van der Waals surface area (Å²) < 4.78 is 12.9. The van der Waals surface area contributed by atoms with Crippen LogP contribution in [0.2, 0.25) is 0 Å². The molecule has 0 unspecified atom stereocenters. The van der Waals surface area contributed by atoms with Crippen LogP contribution in [0.3, 0.4) is 0 Å². The van der Waals surface area contributed by atoms with E-state index in [9.17, 15) is 9.59 Å². The van der Waals surface area contributed by atoms with Crippen LogP contribution in [0.5, 0.6) is 0 Å². The number of aryl methyl sites for hydroxylation is 1. The van der Waals surface area contributed by atoms with Crippen LogP contribution >= 0.6 is 0 Å². The number of rotatable bonds is 6. The Hall–Kier alpha value is -2.91. The highest BCUT2D eigenvalue weighted by molar-refractivity contribution is 6.00. The smallest absolute Gasteiger partial charge is 0.338 e. The molecule has 1 aliphatic heterocycles. The normalized spacial score (nSPS) is 16.1. The molecular formula is C21H22N2O4. The van der Waals surface area contributed by atoms with Crippen molar-refractivity contribution in [2.75, 3.05) is 13.2 Å². The topological polar surface area (TPSA) is 81.3 Å². The highest BCUT2D eigenvalue weighted by atomic mass is 16.5. The molecule has 1 aromatic heterocycles. The summed E-state index contributed by atoms with van der Waals surface area (Å²) in [5, 5.41) is 8.79. The number of Topliss-reactive ketones (excluding diaryl/α,β-unsaturated/α-hetero) is 1. The van der Waals surface area contributed by atoms with Crippen molar-refractivity contribution in [3.05, 3.63) is 58.4 Å². The molecule has 140 valence electrons. The second-order valence-electron chi connectivity index (χ2n) is 6.72. The van der Waals surface area contributed by atoms with Gasteiger partial charge in [-0.2, -0.15) is 5.26 Å². The van der Waals surface area contributed by atoms with Crippen LogP contribution < -0.4 is 0 Å². The molecular weight excluding hydrogens is 344 g/mol. The van der Waals surface area contributed by atoms with Gasteiger partial charge in [0.25, 0.3) is 0 Å². The molecule has 0 spiro atoms. The van der Waals surface area contributed by atoms with Gasteiger partial charge in [0.15, 0.2) is 6.61 Å². The minimum atomic E-state index is -0.582. The van der Waals surface area contributed by atoms with Gasteiger partial charge in [0.05, 0.1) is 23.3 Å². The molecule has 0 radical (unpaired) electrons. The summed E-state index contributed by atoms with van der Waals surface area (Å²) in [6, 6.07) is 9.93. The molecule has 0 N–H and O–H groups in total. The van der Waals surface area contributed by atoms with Crippen LogP contribution in [0.1, 0.15) is 50.5 Å². The molecule has 1 fully saturated rings. The van der Waals surface area contributed by atoms with Crippen LogP contribution in [0.4, 0.5) is 0 Å². The zero-order valence-electron chi connectivity index (χ0n) is 15.5. The van der Waals surface area contributed by atoms with E-state index in [1.807, 2.05) is 26.0 Å². The van der Waals surface area contributed by atoms with E-state index in [1.54, 1.807) is 0 Å². The number of ketones is 1. The van der Waals surface area contributed by atoms with Crippen molar-refractivity contribution in [2.24, 2.45) is 0 Å². The third-order valence-electron chi connectivity index (χ3n) is 4.87. The number of carbonyl (C=O) groups excluding carboxylic acids is 2. The first-order valence-corrected chi connectivity index (χ1v) is 8.98. The Kier molecular flexibility index (Phi) is 5.72. The Bertz CT molecular complexity index is 884. The second-order valence-corrected chi connectivity index (χ2v) is 6.72. The zero-order valence-corrected chi connectivity index (χ0v) is 15.5. The maximum Gasteiger partial charge on any atom is 0.338 e. The van der Waals surface area contributed by atoms with Crippen LogP contribution in [-0.2, 0) is 16.0 Å². The predicted molar refractivity (Wildman–Crippen MR) is 98.7 cm³/mol. The molecule has 1 aromatic carbocycles. The molecule has 0 saturated carbocycles. The van der Waals surface area contributed by atoms with E-state index in [1.165, 1.54) is 24.3 Å². The quantitative estimate of drug-likeness (QED) is 0.579. The number of hydrogen-bond donors (Lipinski definition) is 0. The van der Waals surface area contributed by atoms with Gasteiger partial charge in [0, 0.05) is 30.1 Å². The van der Waals surface area contributed by atoms with Crippen molar-refractivity contribution < 1.29 is 19.1 Å². The van der Waals surface area contributed by atoms with E-state index in [0.717, 1.165) is 37.4 Å². The molecule has 2 aromatic rings. The van der Waals surface area contributed by atoms with Gasteiger partial charge >= 0.3 is 5.97 Å². The molecule has 6 nitrogen and oxygen atoms in total. The molecule has 0 amide bonds. The largest absolute Gasteiger partial charge is 0.454 e. The third-order valence-corrected chi connectivity index (χ3v) is 4.87. The molecule has 2 heterocycles. The van der Waals surface area contributed by atoms with Gasteiger partial charge in [-0.3, -0.25) is 4.79 Å². The van der Waals surface area contributed by atoms with Crippen LogP contribution in [-0.4, -0.2) is 35.6 Å². The summed E-state index contributed by atoms with van der Waals surface area (Å²) >= 11 is 0. The summed E-state index contributed by atoms with van der Waals surface area (Å²) in [5.74, 6) is -0.815. The van der Waals surface area contributed by atoms with Crippen LogP contribution in [0.25, 0.3) is 0 Å². The lowest BCUT2D eigenvalue weighted by molar-refractivity contribution is 0.0474. The summed E-state index contributed by atoms with van der Waals surface area (Å²) in [6.45, 7) is 5.07. The minimum absolute atomic E-state index is 0.187. The summed E-state index contributed by atoms with van der Waals surface area (Å²) in [6.07, 6.45) is 2.29. The maximum absolute atomic E-state index is 12.5. The van der Waals surface area contributed by atoms with Crippen molar-refractivity contribution in [3.63, 3.8) is 0 Å². The van der Waals surface area contributed by atoms with Crippen molar-refractivity contribution in [3.8, 4) is 6.07 Å². The first-order chi connectivity index (χ1) is 13.0. The second kappa shape index (κ2) is 8.19. The van der Waals surface area contributed by atoms with Crippen molar-refractivity contribution in [1.82, 2.24) is 4.57 Å². The lowest BCUT2D eigenvalue weighted by Crippen LogP contribution is -2.18. The molecule has 0 bridgehead atoms. The molecule has 27 heavy (non-hydrogen) atoms. The highest BCUT2D eigenvalue weighted by Gasteiger charge is 2.21. The molecule has 1 atom stereocenters. The van der Waals surface area contributed by atoms with Crippen molar-refractivity contribution >= 4 is 11.8 Å². The van der Waals surface area contributed by atoms with Crippen molar-refractivity contribution in [1.29, 1.82) is 5.26 Å². The van der Waals surface area contributed by atoms with Crippen LogP contribution in [0, 0.1) is 25.2 Å². The number of carbonyl (C=O) groups is 2. The van der Waals surface area contributed by atoms with E-state index in [-0.39, 0.29) is 18.5 Å². The summed E-state index contributed by atoms with van der Waals surface area (Å²) in [7, 11) is 0. The van der Waals surface area contributed by atoms with E-state index >= 15 is 0 Å². The van der Waals surface area contributed by atoms with E-state index in [0.29, 0.717) is 16.7 Å². The molecule has 3 rings (SSSR count). The summed E-state index contributed by atoms with van der Waals surface area (Å²) in [5.41, 5.74) is 3.19. The molecule has 1 saturated heterocycles. The van der Waals surface area contributed by atoms with Gasteiger partial charge in [-0.15, -0.1) is 0 Å². The fourth-order valence-corrected chi connectivity index (χ4v) is 3.33. The number of benzene rings is 1. The molecule has 0 aliphatic carbocycles. The van der Waals surface area contributed by atoms with Crippen LogP contribution in [0.15, 0.2) is 30.3 Å². The molecule has 6 heteroatoms. The van der Waals surface area contributed by atoms with Gasteiger partial charge in [-0.1, -0.05) is 0 Å². The van der Waals surface area contributed by atoms with E-state index in [2.05, 4.69) is 4.57 Å². The van der Waals surface area contributed by atoms with Gasteiger partial charge in [-0.25, -0.2) is 4.79 Å². The Balaban J connectivity index is 1.63. The van der Waals surface area contributed by atoms with E-state index < -0.39 is 5.97 Å². The third kappa shape index (κ3) is 4.26. The number of esters is 1. The summed E-state index contributed by atoms with van der Waals surface area (Å²) in [4.78, 5) is 24.6. The SMILES string of the molecule is Cc1cc(C(=O)COC(=O)c2ccc(C#N)cc2)c(C)n1C[C@@H]1CCCO1. The Morgan fingerprint density at radius 2 is 2.04 bits per heavy atom. The van der Waals surface area contributed by atoms with Crippen molar-refractivity contribution in [2.45, 2.75) is 39.3 Å². The zero-order chi connectivity index (χ0) is 19.4. The first kappa shape index (κ1) is 18.9. The maximum atomic E-state index is 12.5. The van der Waals surface area contributed by atoms with E-state index in [4.69, 9.17) is 14.7 Å². The Morgan fingerprint density at radius 1 is 1.30 bits per heavy atom. The Labute approximate surface area is 158 Å². The lowest BCUT2D eigenvalue weighted by Gasteiger charge is -2.14. The van der Waals surface area contributed by atoms with Gasteiger partial charge in [-0.05, 0) is 57.0 Å². The highest BCUT2D eigenvalue weighted by Crippen LogP contribution is 2.21. The average Bonchev–Trinajstić information content (AvgIpc) is 3.29. The average molecular weight is 366 g/mol. The number of nitriles is 1. The number of ether oxygens (including phenoxy) is 2. The number of nitrogens with zero attached hydrogens (tertiary/aromatic N) is 2. The Morgan fingerprint density at radius 3 is 2.67 bits per heavy atom.